The minimum atomic E-state index is -4.73. The number of carbonyl (C=O) groups is 2. The highest BCUT2D eigenvalue weighted by atomic mass is 31.2. The van der Waals surface area contributed by atoms with Gasteiger partial charge in [0.1, 0.15) is 6.61 Å². The highest BCUT2D eigenvalue weighted by Crippen LogP contribution is 2.36. The fourth-order valence-electron chi connectivity index (χ4n) is 5.37. The summed E-state index contributed by atoms with van der Waals surface area (Å²) in [4.78, 5) is 42.5. The van der Waals surface area contributed by atoms with E-state index in [1.807, 2.05) is 0 Å². The Balaban J connectivity index is 3.86. The zero-order valence-corrected chi connectivity index (χ0v) is 29.5. The number of ether oxygens (including phenoxy) is 2. The van der Waals surface area contributed by atoms with Crippen molar-refractivity contribution >= 4 is 19.8 Å². The summed E-state index contributed by atoms with van der Waals surface area (Å²) in [5, 5.41) is 0. The number of unbranched alkanes of at least 4 members (excludes halogenated alkanes) is 24. The van der Waals surface area contributed by atoms with Gasteiger partial charge in [-0.3, -0.25) is 14.1 Å². The van der Waals surface area contributed by atoms with Gasteiger partial charge >= 0.3 is 19.8 Å². The zero-order chi connectivity index (χ0) is 32.6. The summed E-state index contributed by atoms with van der Waals surface area (Å²) in [5.41, 5.74) is 0. The predicted octanol–water partition coefficient (Wildman–Crippen LogP) is 10.5. The third-order valence-corrected chi connectivity index (χ3v) is 8.61. The molecule has 9 heteroatoms. The molecule has 0 heterocycles. The summed E-state index contributed by atoms with van der Waals surface area (Å²) in [6.45, 7) is 3.65. The first-order valence-electron chi connectivity index (χ1n) is 18.3. The van der Waals surface area contributed by atoms with Gasteiger partial charge in [-0.25, -0.2) is 4.57 Å². The van der Waals surface area contributed by atoms with Gasteiger partial charge in [0, 0.05) is 12.8 Å². The van der Waals surface area contributed by atoms with Crippen LogP contribution in [0.4, 0.5) is 0 Å². The lowest BCUT2D eigenvalue weighted by molar-refractivity contribution is -0.161. The number of esters is 2. The molecular weight excluding hydrogens is 579 g/mol. The second kappa shape index (κ2) is 32.0. The van der Waals surface area contributed by atoms with Gasteiger partial charge in [0.05, 0.1) is 6.61 Å². The van der Waals surface area contributed by atoms with E-state index in [0.29, 0.717) is 6.42 Å². The van der Waals surface area contributed by atoms with Crippen LogP contribution in [0.5, 0.6) is 0 Å². The molecule has 0 saturated heterocycles. The van der Waals surface area contributed by atoms with Crippen molar-refractivity contribution in [2.75, 3.05) is 13.2 Å². The second-order valence-electron chi connectivity index (χ2n) is 12.6. The van der Waals surface area contributed by atoms with Crippen LogP contribution in [0, 0.1) is 0 Å². The average molecular weight is 649 g/mol. The van der Waals surface area contributed by atoms with Crippen LogP contribution < -0.4 is 0 Å². The smallest absolute Gasteiger partial charge is 0.462 e. The summed E-state index contributed by atoms with van der Waals surface area (Å²) in [7, 11) is -4.73. The summed E-state index contributed by atoms with van der Waals surface area (Å²) in [5.74, 6) is -0.878. The van der Waals surface area contributed by atoms with E-state index in [1.165, 1.54) is 128 Å². The molecular formula is C35H69O8P. The second-order valence-corrected chi connectivity index (χ2v) is 13.8. The van der Waals surface area contributed by atoms with Crippen LogP contribution in [-0.4, -0.2) is 41.0 Å². The fourth-order valence-corrected chi connectivity index (χ4v) is 5.73. The summed E-state index contributed by atoms with van der Waals surface area (Å²) >= 11 is 0. The van der Waals surface area contributed by atoms with Crippen LogP contribution >= 0.6 is 7.82 Å². The molecule has 1 atom stereocenters. The standard InChI is InChI=1S/C35H69O8P/c1-3-5-7-9-11-13-14-15-16-17-18-19-20-21-22-24-26-28-30-35(37)43-33(32-42-44(38,39)40)31-41-34(36)29-27-25-23-12-10-8-6-4-2/h33H,3-32H2,1-2H3,(H2,38,39,40). The van der Waals surface area contributed by atoms with E-state index in [9.17, 15) is 14.2 Å². The van der Waals surface area contributed by atoms with E-state index in [1.54, 1.807) is 0 Å². The first-order valence-corrected chi connectivity index (χ1v) is 19.9. The van der Waals surface area contributed by atoms with Gasteiger partial charge < -0.3 is 19.3 Å². The minimum absolute atomic E-state index is 0.220. The van der Waals surface area contributed by atoms with Gasteiger partial charge in [-0.05, 0) is 12.8 Å². The van der Waals surface area contributed by atoms with Gasteiger partial charge in [-0.15, -0.1) is 0 Å². The van der Waals surface area contributed by atoms with Gasteiger partial charge in [0.2, 0.25) is 0 Å². The summed E-state index contributed by atoms with van der Waals surface area (Å²) in [6, 6.07) is 0. The molecule has 0 aliphatic rings. The zero-order valence-electron chi connectivity index (χ0n) is 28.6. The van der Waals surface area contributed by atoms with E-state index in [0.717, 1.165) is 32.1 Å². The molecule has 0 saturated carbocycles. The first-order chi connectivity index (χ1) is 21.3. The molecule has 0 aliphatic heterocycles. The third kappa shape index (κ3) is 33.9. The molecule has 8 nitrogen and oxygen atoms in total. The van der Waals surface area contributed by atoms with E-state index in [4.69, 9.17) is 19.3 Å². The lowest BCUT2D eigenvalue weighted by Gasteiger charge is -2.18. The Morgan fingerprint density at radius 2 is 0.818 bits per heavy atom. The molecule has 0 rings (SSSR count). The van der Waals surface area contributed by atoms with Crippen molar-refractivity contribution in [2.45, 2.75) is 200 Å². The molecule has 262 valence electrons. The number of hydrogen-bond donors (Lipinski definition) is 2. The van der Waals surface area contributed by atoms with Crippen LogP contribution in [0.15, 0.2) is 0 Å². The normalized spacial score (nSPS) is 12.4. The Labute approximate surface area is 270 Å². The number of carbonyl (C=O) groups excluding carboxylic acids is 2. The number of phosphoric ester groups is 1. The van der Waals surface area contributed by atoms with Gasteiger partial charge in [0.25, 0.3) is 0 Å². The molecule has 44 heavy (non-hydrogen) atoms. The maximum Gasteiger partial charge on any atom is 0.469 e. The van der Waals surface area contributed by atoms with E-state index >= 15 is 0 Å². The molecule has 0 aromatic carbocycles. The first kappa shape index (κ1) is 43.0. The molecule has 0 amide bonds. The molecule has 0 aromatic rings. The van der Waals surface area contributed by atoms with Crippen molar-refractivity contribution in [3.63, 3.8) is 0 Å². The maximum absolute atomic E-state index is 12.3. The van der Waals surface area contributed by atoms with Gasteiger partial charge in [-0.2, -0.15) is 0 Å². The molecule has 0 spiro atoms. The number of phosphoric acid groups is 1. The van der Waals surface area contributed by atoms with Crippen molar-refractivity contribution in [1.29, 1.82) is 0 Å². The maximum atomic E-state index is 12.3. The molecule has 1 unspecified atom stereocenters. The highest BCUT2D eigenvalue weighted by Gasteiger charge is 2.22. The van der Waals surface area contributed by atoms with Crippen LogP contribution in [0.25, 0.3) is 0 Å². The average Bonchev–Trinajstić information content (AvgIpc) is 2.98. The van der Waals surface area contributed by atoms with Crippen LogP contribution in [-0.2, 0) is 28.2 Å². The van der Waals surface area contributed by atoms with Crippen molar-refractivity contribution < 1.29 is 37.9 Å². The SMILES string of the molecule is CCCCCCCCCCCCCCCCCCCCC(=O)OC(COC(=O)CCCCCCCCCC)COP(=O)(O)O. The molecule has 0 bridgehead atoms. The fraction of sp³-hybridized carbons (Fsp3) is 0.943. The lowest BCUT2D eigenvalue weighted by atomic mass is 10.0. The lowest BCUT2D eigenvalue weighted by Crippen LogP contribution is -2.29. The Kier molecular flexibility index (Phi) is 31.3. The van der Waals surface area contributed by atoms with Crippen LogP contribution in [0.2, 0.25) is 0 Å². The van der Waals surface area contributed by atoms with Crippen LogP contribution in [0.3, 0.4) is 0 Å². The van der Waals surface area contributed by atoms with Gasteiger partial charge in [0.15, 0.2) is 6.10 Å². The van der Waals surface area contributed by atoms with Gasteiger partial charge in [-0.1, -0.05) is 168 Å². The molecule has 0 radical (unpaired) electrons. The number of hydrogen-bond acceptors (Lipinski definition) is 6. The molecule has 2 N–H and O–H groups in total. The quantitative estimate of drug-likeness (QED) is 0.0402. The minimum Gasteiger partial charge on any atom is -0.462 e. The van der Waals surface area contributed by atoms with Crippen LogP contribution in [0.1, 0.15) is 194 Å². The van der Waals surface area contributed by atoms with Crippen molar-refractivity contribution in [3.05, 3.63) is 0 Å². The number of rotatable bonds is 34. The third-order valence-electron chi connectivity index (χ3n) is 8.13. The Morgan fingerprint density at radius 1 is 0.500 bits per heavy atom. The van der Waals surface area contributed by atoms with E-state index < -0.39 is 32.5 Å². The van der Waals surface area contributed by atoms with Crippen molar-refractivity contribution in [3.8, 4) is 0 Å². The summed E-state index contributed by atoms with van der Waals surface area (Å²) in [6.07, 6.45) is 31.3. The molecule has 0 fully saturated rings. The largest absolute Gasteiger partial charge is 0.469 e. The van der Waals surface area contributed by atoms with E-state index in [-0.39, 0.29) is 19.4 Å². The molecule has 0 aromatic heterocycles. The molecule has 0 aliphatic carbocycles. The Hall–Kier alpha value is -0.950. The van der Waals surface area contributed by atoms with Crippen molar-refractivity contribution in [1.82, 2.24) is 0 Å². The monoisotopic (exact) mass is 648 g/mol. The summed E-state index contributed by atoms with van der Waals surface area (Å²) < 4.78 is 26.2. The van der Waals surface area contributed by atoms with E-state index in [2.05, 4.69) is 18.4 Å². The predicted molar refractivity (Wildman–Crippen MR) is 179 cm³/mol. The topological polar surface area (TPSA) is 119 Å². The Morgan fingerprint density at radius 3 is 1.16 bits per heavy atom. The Bertz CT molecular complexity index is 696. The highest BCUT2D eigenvalue weighted by molar-refractivity contribution is 7.46. The van der Waals surface area contributed by atoms with Crippen molar-refractivity contribution in [2.24, 2.45) is 0 Å².